The third-order valence-electron chi connectivity index (χ3n) is 4.52. The van der Waals surface area contributed by atoms with Gasteiger partial charge in [-0.1, -0.05) is 48.0 Å². The van der Waals surface area contributed by atoms with Gasteiger partial charge in [-0.15, -0.1) is 0 Å². The number of amides is 1. The predicted octanol–water partition coefficient (Wildman–Crippen LogP) is 2.81. The van der Waals surface area contributed by atoms with Crippen molar-refractivity contribution in [3.8, 4) is 0 Å². The van der Waals surface area contributed by atoms with Crippen molar-refractivity contribution in [2.75, 3.05) is 19.6 Å². The van der Waals surface area contributed by atoms with E-state index < -0.39 is 0 Å². The number of benzene rings is 2. The van der Waals surface area contributed by atoms with Crippen LogP contribution in [0.2, 0.25) is 0 Å². The van der Waals surface area contributed by atoms with Gasteiger partial charge < -0.3 is 10.6 Å². The molecule has 1 aliphatic heterocycles. The molecule has 2 aromatic rings. The molecule has 0 aromatic heterocycles. The van der Waals surface area contributed by atoms with E-state index in [0.717, 1.165) is 24.2 Å². The second-order valence-corrected chi connectivity index (χ2v) is 6.09. The molecule has 1 amide bonds. The summed E-state index contributed by atoms with van der Waals surface area (Å²) in [7, 11) is 0. The zero-order valence-electron chi connectivity index (χ0n) is 12.9. The quantitative estimate of drug-likeness (QED) is 0.946. The molecule has 3 nitrogen and oxygen atoms in total. The molecule has 0 spiro atoms. The first kappa shape index (κ1) is 14.8. The van der Waals surface area contributed by atoms with Crippen LogP contribution in [0.1, 0.15) is 27.4 Å². The number of hydrogen-bond donors (Lipinski definition) is 1. The molecule has 2 atom stereocenters. The van der Waals surface area contributed by atoms with Gasteiger partial charge >= 0.3 is 0 Å². The van der Waals surface area contributed by atoms with Crippen LogP contribution >= 0.6 is 0 Å². The third-order valence-corrected chi connectivity index (χ3v) is 4.52. The monoisotopic (exact) mass is 294 g/mol. The highest BCUT2D eigenvalue weighted by Crippen LogP contribution is 2.32. The molecule has 1 fully saturated rings. The average molecular weight is 294 g/mol. The molecule has 22 heavy (non-hydrogen) atoms. The maximum Gasteiger partial charge on any atom is 0.253 e. The Kier molecular flexibility index (Phi) is 4.25. The fourth-order valence-corrected chi connectivity index (χ4v) is 3.31. The van der Waals surface area contributed by atoms with Crippen molar-refractivity contribution < 1.29 is 4.79 Å². The molecular formula is C19H22N2O. The molecule has 0 radical (unpaired) electrons. The van der Waals surface area contributed by atoms with E-state index in [1.165, 1.54) is 5.56 Å². The van der Waals surface area contributed by atoms with Crippen molar-refractivity contribution in [2.24, 2.45) is 11.7 Å². The molecule has 1 aliphatic rings. The van der Waals surface area contributed by atoms with Crippen LogP contribution in [0.3, 0.4) is 0 Å². The maximum absolute atomic E-state index is 12.7. The number of carbonyl (C=O) groups is 1. The molecule has 114 valence electrons. The standard InChI is InChI=1S/C19H22N2O/c1-14-6-5-9-16(10-14)19(22)21-12-17(11-20)18(13-21)15-7-3-2-4-8-15/h2-10,17-18H,11-13,20H2,1H3/t17-,18+/m1/s1. The van der Waals surface area contributed by atoms with Gasteiger partial charge in [0.1, 0.15) is 0 Å². The Hall–Kier alpha value is -2.13. The highest BCUT2D eigenvalue weighted by molar-refractivity contribution is 5.94. The van der Waals surface area contributed by atoms with Crippen LogP contribution in [0, 0.1) is 12.8 Å². The Morgan fingerprint density at radius 1 is 1.14 bits per heavy atom. The van der Waals surface area contributed by atoms with E-state index in [-0.39, 0.29) is 5.91 Å². The largest absolute Gasteiger partial charge is 0.338 e. The molecule has 2 aromatic carbocycles. The van der Waals surface area contributed by atoms with Gasteiger partial charge in [-0.2, -0.15) is 0 Å². The first-order valence-corrected chi connectivity index (χ1v) is 7.80. The number of carbonyl (C=O) groups excluding carboxylic acids is 1. The van der Waals surface area contributed by atoms with Gasteiger partial charge in [0.2, 0.25) is 0 Å². The normalized spacial score (nSPS) is 21.1. The topological polar surface area (TPSA) is 46.3 Å². The van der Waals surface area contributed by atoms with E-state index in [1.54, 1.807) is 0 Å². The van der Waals surface area contributed by atoms with Gasteiger partial charge in [0.25, 0.3) is 5.91 Å². The molecule has 1 heterocycles. The van der Waals surface area contributed by atoms with E-state index >= 15 is 0 Å². The third kappa shape index (κ3) is 2.90. The molecule has 0 aliphatic carbocycles. The molecule has 3 heteroatoms. The lowest BCUT2D eigenvalue weighted by molar-refractivity contribution is 0.0786. The lowest BCUT2D eigenvalue weighted by atomic mass is 9.89. The highest BCUT2D eigenvalue weighted by atomic mass is 16.2. The Bertz CT molecular complexity index is 653. The van der Waals surface area contributed by atoms with Gasteiger partial charge in [0, 0.05) is 24.6 Å². The molecular weight excluding hydrogens is 272 g/mol. The SMILES string of the molecule is Cc1cccc(C(=O)N2C[C@@H](CN)[C@H](c3ccccc3)C2)c1. The van der Waals surface area contributed by atoms with Crippen molar-refractivity contribution in [2.45, 2.75) is 12.8 Å². The van der Waals surface area contributed by atoms with Gasteiger partial charge in [-0.3, -0.25) is 4.79 Å². The summed E-state index contributed by atoms with van der Waals surface area (Å²) < 4.78 is 0. The number of nitrogens with zero attached hydrogens (tertiary/aromatic N) is 1. The summed E-state index contributed by atoms with van der Waals surface area (Å²) in [6, 6.07) is 18.2. The van der Waals surface area contributed by atoms with Gasteiger partial charge in [-0.05, 0) is 37.1 Å². The highest BCUT2D eigenvalue weighted by Gasteiger charge is 2.35. The molecule has 0 saturated carbocycles. The zero-order chi connectivity index (χ0) is 15.5. The van der Waals surface area contributed by atoms with Gasteiger partial charge in [-0.25, -0.2) is 0 Å². The molecule has 0 unspecified atom stereocenters. The minimum Gasteiger partial charge on any atom is -0.338 e. The van der Waals surface area contributed by atoms with Crippen molar-refractivity contribution in [3.05, 3.63) is 71.3 Å². The number of rotatable bonds is 3. The van der Waals surface area contributed by atoms with E-state index in [4.69, 9.17) is 5.73 Å². The van der Waals surface area contributed by atoms with Crippen LogP contribution in [0.25, 0.3) is 0 Å². The average Bonchev–Trinajstić information content (AvgIpc) is 2.99. The molecule has 0 bridgehead atoms. The van der Waals surface area contributed by atoms with E-state index in [2.05, 4.69) is 12.1 Å². The summed E-state index contributed by atoms with van der Waals surface area (Å²) in [5, 5.41) is 0. The fraction of sp³-hybridized carbons (Fsp3) is 0.316. The van der Waals surface area contributed by atoms with Crippen LogP contribution in [0.5, 0.6) is 0 Å². The van der Waals surface area contributed by atoms with Crippen LogP contribution < -0.4 is 5.73 Å². The summed E-state index contributed by atoms with van der Waals surface area (Å²) >= 11 is 0. The lowest BCUT2D eigenvalue weighted by Crippen LogP contribution is -2.29. The van der Waals surface area contributed by atoms with Crippen molar-refractivity contribution in [1.29, 1.82) is 0 Å². The van der Waals surface area contributed by atoms with Crippen LogP contribution in [0.15, 0.2) is 54.6 Å². The van der Waals surface area contributed by atoms with Gasteiger partial charge in [0.15, 0.2) is 0 Å². The molecule has 1 saturated heterocycles. The summed E-state index contributed by atoms with van der Waals surface area (Å²) in [5.74, 6) is 0.775. The van der Waals surface area contributed by atoms with Crippen LogP contribution in [-0.4, -0.2) is 30.4 Å². The Balaban J connectivity index is 1.81. The Morgan fingerprint density at radius 2 is 1.91 bits per heavy atom. The number of nitrogens with two attached hydrogens (primary N) is 1. The van der Waals surface area contributed by atoms with E-state index in [1.807, 2.05) is 54.3 Å². The zero-order valence-corrected chi connectivity index (χ0v) is 12.9. The van der Waals surface area contributed by atoms with Crippen LogP contribution in [0.4, 0.5) is 0 Å². The van der Waals surface area contributed by atoms with E-state index in [9.17, 15) is 4.79 Å². The Labute approximate surface area is 131 Å². The summed E-state index contributed by atoms with van der Waals surface area (Å²) in [6.07, 6.45) is 0. The van der Waals surface area contributed by atoms with Crippen molar-refractivity contribution in [3.63, 3.8) is 0 Å². The van der Waals surface area contributed by atoms with E-state index in [0.29, 0.717) is 18.4 Å². The second kappa shape index (κ2) is 6.32. The first-order valence-electron chi connectivity index (χ1n) is 7.80. The van der Waals surface area contributed by atoms with Crippen molar-refractivity contribution >= 4 is 5.91 Å². The number of aryl methyl sites for hydroxylation is 1. The fourth-order valence-electron chi connectivity index (χ4n) is 3.31. The molecule has 2 N–H and O–H groups in total. The lowest BCUT2D eigenvalue weighted by Gasteiger charge is -2.17. The number of hydrogen-bond acceptors (Lipinski definition) is 2. The summed E-state index contributed by atoms with van der Waals surface area (Å²) in [6.45, 7) is 4.11. The minimum atomic E-state index is 0.112. The summed E-state index contributed by atoms with van der Waals surface area (Å²) in [5.41, 5.74) is 9.10. The molecule has 3 rings (SSSR count). The van der Waals surface area contributed by atoms with Gasteiger partial charge in [0.05, 0.1) is 0 Å². The van der Waals surface area contributed by atoms with Crippen molar-refractivity contribution in [1.82, 2.24) is 4.90 Å². The summed E-state index contributed by atoms with van der Waals surface area (Å²) in [4.78, 5) is 14.7. The smallest absolute Gasteiger partial charge is 0.253 e. The first-order chi connectivity index (χ1) is 10.7. The second-order valence-electron chi connectivity index (χ2n) is 6.09. The minimum absolute atomic E-state index is 0.112. The Morgan fingerprint density at radius 3 is 2.59 bits per heavy atom. The van der Waals surface area contributed by atoms with Crippen LogP contribution in [-0.2, 0) is 0 Å². The predicted molar refractivity (Wildman–Crippen MR) is 88.8 cm³/mol. The number of likely N-dealkylation sites (tertiary alicyclic amines) is 1. The maximum atomic E-state index is 12.7.